The maximum Gasteiger partial charge on any atom is 0.234 e. The smallest absolute Gasteiger partial charge is 0.234 e. The van der Waals surface area contributed by atoms with Gasteiger partial charge >= 0.3 is 0 Å². The van der Waals surface area contributed by atoms with Gasteiger partial charge in [0.25, 0.3) is 0 Å². The third-order valence-corrected chi connectivity index (χ3v) is 6.25. The van der Waals surface area contributed by atoms with Gasteiger partial charge < -0.3 is 10.2 Å². The lowest BCUT2D eigenvalue weighted by molar-refractivity contribution is -0.128. The van der Waals surface area contributed by atoms with Crippen LogP contribution < -0.4 is 5.32 Å². The van der Waals surface area contributed by atoms with Crippen molar-refractivity contribution < 1.29 is 14.0 Å². The van der Waals surface area contributed by atoms with Gasteiger partial charge in [0.05, 0.1) is 6.54 Å². The van der Waals surface area contributed by atoms with E-state index in [1.54, 1.807) is 6.07 Å². The molecule has 2 aliphatic rings. The Hall–Kier alpha value is -2.73. The van der Waals surface area contributed by atoms with Crippen LogP contribution in [0.1, 0.15) is 48.1 Å². The average molecular weight is 410 g/mol. The molecule has 0 saturated carbocycles. The molecular weight excluding hydrogens is 381 g/mol. The second kappa shape index (κ2) is 8.96. The van der Waals surface area contributed by atoms with E-state index in [4.69, 9.17) is 0 Å². The van der Waals surface area contributed by atoms with Crippen molar-refractivity contribution in [3.8, 4) is 0 Å². The first-order valence-electron chi connectivity index (χ1n) is 10.6. The molecule has 2 amide bonds. The van der Waals surface area contributed by atoms with Crippen LogP contribution in [0.5, 0.6) is 0 Å². The van der Waals surface area contributed by atoms with Crippen molar-refractivity contribution in [2.45, 2.75) is 45.3 Å². The predicted molar refractivity (Wildman–Crippen MR) is 113 cm³/mol. The monoisotopic (exact) mass is 409 g/mol. The number of benzene rings is 2. The number of fused-ring (bicyclic) bond motifs is 1. The Kier molecular flexibility index (Phi) is 6.13. The van der Waals surface area contributed by atoms with Gasteiger partial charge in [-0.3, -0.25) is 14.5 Å². The highest BCUT2D eigenvalue weighted by molar-refractivity contribution is 5.78. The Morgan fingerprint density at radius 2 is 1.93 bits per heavy atom. The highest BCUT2D eigenvalue weighted by Gasteiger charge is 2.26. The third kappa shape index (κ3) is 4.54. The number of halogens is 1. The molecular formula is C24H28FN3O2. The van der Waals surface area contributed by atoms with Gasteiger partial charge in [-0.1, -0.05) is 30.3 Å². The number of carbonyl (C=O) groups is 2. The number of hydrogen-bond donors (Lipinski definition) is 1. The molecule has 158 valence electrons. The quantitative estimate of drug-likeness (QED) is 0.797. The molecule has 1 N–H and O–H groups in total. The number of likely N-dealkylation sites (tertiary alicyclic amines) is 1. The standard InChI is InChI=1S/C24H28FN3O2/c1-17-22-13-21(25)9-8-18(22)10-12-27(17)16-23(29)26-14-19-5-2-3-6-20(19)15-28-11-4-7-24(28)30/h2-3,5-6,8-9,13,17H,4,7,10-12,14-16H2,1H3,(H,26,29). The minimum absolute atomic E-state index is 0.00339. The van der Waals surface area contributed by atoms with Crippen molar-refractivity contribution in [1.29, 1.82) is 0 Å². The number of hydrogen-bond acceptors (Lipinski definition) is 3. The Morgan fingerprint density at radius 3 is 2.70 bits per heavy atom. The molecule has 1 fully saturated rings. The van der Waals surface area contributed by atoms with E-state index in [0.717, 1.165) is 48.2 Å². The zero-order valence-electron chi connectivity index (χ0n) is 17.4. The second-order valence-corrected chi connectivity index (χ2v) is 8.20. The van der Waals surface area contributed by atoms with Gasteiger partial charge in [0, 0.05) is 38.6 Å². The van der Waals surface area contributed by atoms with Crippen LogP contribution in [0.25, 0.3) is 0 Å². The van der Waals surface area contributed by atoms with Crippen LogP contribution in [-0.4, -0.2) is 41.2 Å². The Balaban J connectivity index is 1.35. The first-order chi connectivity index (χ1) is 14.5. The molecule has 1 unspecified atom stereocenters. The number of amides is 2. The molecule has 2 heterocycles. The van der Waals surface area contributed by atoms with Gasteiger partial charge in [-0.2, -0.15) is 0 Å². The van der Waals surface area contributed by atoms with E-state index in [-0.39, 0.29) is 30.2 Å². The molecule has 0 radical (unpaired) electrons. The van der Waals surface area contributed by atoms with Crippen LogP contribution in [0.3, 0.4) is 0 Å². The van der Waals surface area contributed by atoms with Crippen LogP contribution in [0.15, 0.2) is 42.5 Å². The summed E-state index contributed by atoms with van der Waals surface area (Å²) in [6, 6.07) is 12.9. The highest BCUT2D eigenvalue weighted by Crippen LogP contribution is 2.29. The fourth-order valence-corrected chi connectivity index (χ4v) is 4.45. The van der Waals surface area contributed by atoms with E-state index in [0.29, 0.717) is 19.5 Å². The predicted octanol–water partition coefficient (Wildman–Crippen LogP) is 3.18. The summed E-state index contributed by atoms with van der Waals surface area (Å²) in [4.78, 5) is 28.5. The maximum absolute atomic E-state index is 13.7. The first kappa shape index (κ1) is 20.5. The van der Waals surface area contributed by atoms with Crippen molar-refractivity contribution in [1.82, 2.24) is 15.1 Å². The Labute approximate surface area is 176 Å². The summed E-state index contributed by atoms with van der Waals surface area (Å²) in [7, 11) is 0. The maximum atomic E-state index is 13.7. The van der Waals surface area contributed by atoms with Crippen molar-refractivity contribution in [3.05, 3.63) is 70.5 Å². The van der Waals surface area contributed by atoms with Crippen LogP contribution in [-0.2, 0) is 29.1 Å². The Bertz CT molecular complexity index is 946. The number of carbonyl (C=O) groups excluding carboxylic acids is 2. The molecule has 2 aromatic rings. The summed E-state index contributed by atoms with van der Waals surface area (Å²) >= 11 is 0. The fraction of sp³-hybridized carbons (Fsp3) is 0.417. The van der Waals surface area contributed by atoms with E-state index in [2.05, 4.69) is 10.2 Å². The van der Waals surface area contributed by atoms with E-state index in [9.17, 15) is 14.0 Å². The first-order valence-corrected chi connectivity index (χ1v) is 10.6. The lowest BCUT2D eigenvalue weighted by atomic mass is 9.93. The molecule has 5 nitrogen and oxygen atoms in total. The molecule has 0 aliphatic carbocycles. The summed E-state index contributed by atoms with van der Waals surface area (Å²) in [5.41, 5.74) is 4.23. The van der Waals surface area contributed by atoms with Gasteiger partial charge in [0.15, 0.2) is 0 Å². The van der Waals surface area contributed by atoms with Crippen molar-refractivity contribution in [3.63, 3.8) is 0 Å². The van der Waals surface area contributed by atoms with Crippen molar-refractivity contribution >= 4 is 11.8 Å². The van der Waals surface area contributed by atoms with Crippen LogP contribution in [0.4, 0.5) is 4.39 Å². The molecule has 0 bridgehead atoms. The normalized spacial score (nSPS) is 19.1. The van der Waals surface area contributed by atoms with E-state index < -0.39 is 0 Å². The lowest BCUT2D eigenvalue weighted by Crippen LogP contribution is -2.41. The summed E-state index contributed by atoms with van der Waals surface area (Å²) in [6.07, 6.45) is 2.36. The minimum Gasteiger partial charge on any atom is -0.351 e. The molecule has 4 rings (SSSR count). The third-order valence-electron chi connectivity index (χ3n) is 6.25. The van der Waals surface area contributed by atoms with Crippen LogP contribution in [0.2, 0.25) is 0 Å². The SMILES string of the molecule is CC1c2cc(F)ccc2CCN1CC(=O)NCc1ccccc1CN1CCCC1=O. The fourth-order valence-electron chi connectivity index (χ4n) is 4.45. The van der Waals surface area contributed by atoms with E-state index >= 15 is 0 Å². The van der Waals surface area contributed by atoms with Crippen molar-refractivity contribution in [2.75, 3.05) is 19.6 Å². The highest BCUT2D eigenvalue weighted by atomic mass is 19.1. The number of rotatable bonds is 6. The summed E-state index contributed by atoms with van der Waals surface area (Å²) in [6.45, 7) is 4.91. The minimum atomic E-state index is -0.236. The summed E-state index contributed by atoms with van der Waals surface area (Å²) in [5.74, 6) is -0.0848. The molecule has 0 aromatic heterocycles. The molecule has 6 heteroatoms. The molecule has 30 heavy (non-hydrogen) atoms. The topological polar surface area (TPSA) is 52.7 Å². The van der Waals surface area contributed by atoms with Gasteiger partial charge in [0.2, 0.25) is 11.8 Å². The summed E-state index contributed by atoms with van der Waals surface area (Å²) in [5, 5.41) is 3.02. The summed E-state index contributed by atoms with van der Waals surface area (Å²) < 4.78 is 13.7. The zero-order valence-corrected chi connectivity index (χ0v) is 17.4. The molecule has 0 spiro atoms. The van der Waals surface area contributed by atoms with E-state index in [1.807, 2.05) is 42.2 Å². The van der Waals surface area contributed by atoms with E-state index in [1.165, 1.54) is 6.07 Å². The molecule has 2 aliphatic heterocycles. The zero-order chi connectivity index (χ0) is 21.1. The largest absolute Gasteiger partial charge is 0.351 e. The average Bonchev–Trinajstić information content (AvgIpc) is 3.14. The molecule has 1 atom stereocenters. The van der Waals surface area contributed by atoms with Gasteiger partial charge in [0.1, 0.15) is 5.82 Å². The number of nitrogens with zero attached hydrogens (tertiary/aromatic N) is 2. The molecule has 2 aromatic carbocycles. The molecule has 1 saturated heterocycles. The van der Waals surface area contributed by atoms with Gasteiger partial charge in [-0.15, -0.1) is 0 Å². The lowest BCUT2D eigenvalue weighted by Gasteiger charge is -2.34. The van der Waals surface area contributed by atoms with Crippen LogP contribution >= 0.6 is 0 Å². The van der Waals surface area contributed by atoms with Crippen LogP contribution in [0, 0.1) is 5.82 Å². The number of nitrogens with one attached hydrogen (secondary N) is 1. The van der Waals surface area contributed by atoms with Gasteiger partial charge in [-0.05, 0) is 54.2 Å². The second-order valence-electron chi connectivity index (χ2n) is 8.20. The Morgan fingerprint density at radius 1 is 1.13 bits per heavy atom. The van der Waals surface area contributed by atoms with Crippen molar-refractivity contribution in [2.24, 2.45) is 0 Å². The van der Waals surface area contributed by atoms with Gasteiger partial charge in [-0.25, -0.2) is 4.39 Å².